The number of halogens is 6. The van der Waals surface area contributed by atoms with Gasteiger partial charge in [0.15, 0.2) is 0 Å². The van der Waals surface area contributed by atoms with E-state index in [0.29, 0.717) is 43.9 Å². The molecule has 5 aromatic rings. The number of benzene rings is 3. The normalized spacial score (nSPS) is 13.0. The molecule has 0 aliphatic rings. The van der Waals surface area contributed by atoms with Crippen LogP contribution in [0.15, 0.2) is 57.4 Å². The molecule has 0 atom stereocenters. The molecule has 3 aromatic carbocycles. The lowest BCUT2D eigenvalue weighted by molar-refractivity contribution is -0.275. The zero-order chi connectivity index (χ0) is 21.3. The summed E-state index contributed by atoms with van der Waals surface area (Å²) in [6.07, 6.45) is -9.68. The van der Waals surface area contributed by atoms with E-state index in [-0.39, 0.29) is 0 Å². The van der Waals surface area contributed by atoms with Gasteiger partial charge in [-0.1, -0.05) is 0 Å². The second-order valence-corrected chi connectivity index (χ2v) is 6.46. The third-order valence-electron chi connectivity index (χ3n) is 4.47. The van der Waals surface area contributed by atoms with E-state index in [9.17, 15) is 26.3 Å². The quantitative estimate of drug-likeness (QED) is 0.278. The molecule has 2 aromatic heterocycles. The molecule has 0 fully saturated rings. The molecular formula is C20H8F6O4. The molecule has 10 heteroatoms. The molecule has 0 spiro atoms. The van der Waals surface area contributed by atoms with E-state index in [0.717, 1.165) is 12.1 Å². The molecule has 0 saturated carbocycles. The summed E-state index contributed by atoms with van der Waals surface area (Å²) in [4.78, 5) is 0. The van der Waals surface area contributed by atoms with Crippen molar-refractivity contribution in [3.05, 3.63) is 48.5 Å². The van der Waals surface area contributed by atoms with Gasteiger partial charge in [0.25, 0.3) is 0 Å². The van der Waals surface area contributed by atoms with Crippen molar-refractivity contribution < 1.29 is 44.7 Å². The predicted molar refractivity (Wildman–Crippen MR) is 94.4 cm³/mol. The van der Waals surface area contributed by atoms with E-state index in [2.05, 4.69) is 9.47 Å². The van der Waals surface area contributed by atoms with Crippen molar-refractivity contribution in [3.63, 3.8) is 0 Å². The topological polar surface area (TPSA) is 44.7 Å². The standard InChI is InChI=1S/C20H8F6O4/c21-19(22,23)29-9-1-3-15-11(5-9)13-7-18-14(8-17(13)27-15)12-6-10(30-20(24,25)26)2-4-16(12)28-18/h1-8H. The molecule has 0 saturated heterocycles. The van der Waals surface area contributed by atoms with Gasteiger partial charge in [-0.15, -0.1) is 26.3 Å². The highest BCUT2D eigenvalue weighted by molar-refractivity contribution is 6.15. The summed E-state index contributed by atoms with van der Waals surface area (Å²) in [5, 5.41) is 1.68. The van der Waals surface area contributed by atoms with Gasteiger partial charge in [0, 0.05) is 21.5 Å². The highest BCUT2D eigenvalue weighted by atomic mass is 19.4. The van der Waals surface area contributed by atoms with Crippen LogP contribution in [0, 0.1) is 0 Å². The fourth-order valence-corrected chi connectivity index (χ4v) is 3.40. The van der Waals surface area contributed by atoms with E-state index in [1.165, 1.54) is 24.3 Å². The van der Waals surface area contributed by atoms with E-state index in [4.69, 9.17) is 8.83 Å². The SMILES string of the molecule is FC(F)(F)Oc1ccc2oc3cc4c(cc3c2c1)oc1ccc(OC(F)(F)F)cc14. The van der Waals surface area contributed by atoms with Crippen molar-refractivity contribution in [2.24, 2.45) is 0 Å². The summed E-state index contributed by atoms with van der Waals surface area (Å²) < 4.78 is 94.3. The first-order chi connectivity index (χ1) is 14.1. The number of rotatable bonds is 2. The maximum absolute atomic E-state index is 12.5. The highest BCUT2D eigenvalue weighted by Crippen LogP contribution is 2.39. The lowest BCUT2D eigenvalue weighted by Gasteiger charge is -2.08. The fraction of sp³-hybridized carbons (Fsp3) is 0.100. The Kier molecular flexibility index (Phi) is 3.68. The number of fused-ring (bicyclic) bond motifs is 6. The maximum atomic E-state index is 12.5. The molecule has 0 unspecified atom stereocenters. The second-order valence-electron chi connectivity index (χ2n) is 6.46. The molecule has 5 rings (SSSR count). The Morgan fingerprint density at radius 1 is 0.500 bits per heavy atom. The number of furan rings is 2. The minimum atomic E-state index is -4.84. The summed E-state index contributed by atoms with van der Waals surface area (Å²) in [6.45, 7) is 0. The van der Waals surface area contributed by atoms with Crippen molar-refractivity contribution in [2.45, 2.75) is 12.7 Å². The maximum Gasteiger partial charge on any atom is 0.573 e. The monoisotopic (exact) mass is 426 g/mol. The Bertz CT molecular complexity index is 1310. The van der Waals surface area contributed by atoms with Gasteiger partial charge in [0.05, 0.1) is 0 Å². The molecule has 0 N–H and O–H groups in total. The molecule has 0 amide bonds. The van der Waals surface area contributed by atoms with Gasteiger partial charge < -0.3 is 18.3 Å². The van der Waals surface area contributed by atoms with Crippen LogP contribution in [0.4, 0.5) is 26.3 Å². The summed E-state index contributed by atoms with van der Waals surface area (Å²) in [5.41, 5.74) is 1.29. The molecular weight excluding hydrogens is 418 g/mol. The van der Waals surface area contributed by atoms with Gasteiger partial charge in [-0.2, -0.15) is 0 Å². The molecule has 154 valence electrons. The van der Waals surface area contributed by atoms with Crippen LogP contribution < -0.4 is 9.47 Å². The summed E-state index contributed by atoms with van der Waals surface area (Å²) in [7, 11) is 0. The molecule has 0 bridgehead atoms. The first-order valence-electron chi connectivity index (χ1n) is 8.40. The van der Waals surface area contributed by atoms with Crippen molar-refractivity contribution in [3.8, 4) is 11.5 Å². The third kappa shape index (κ3) is 3.23. The smallest absolute Gasteiger partial charge is 0.456 e. The van der Waals surface area contributed by atoms with E-state index in [1.807, 2.05) is 0 Å². The molecule has 30 heavy (non-hydrogen) atoms. The minimum Gasteiger partial charge on any atom is -0.456 e. The Balaban J connectivity index is 1.69. The van der Waals surface area contributed by atoms with Gasteiger partial charge in [-0.3, -0.25) is 0 Å². The number of hydrogen-bond donors (Lipinski definition) is 0. The molecule has 0 radical (unpaired) electrons. The Morgan fingerprint density at radius 3 is 1.23 bits per heavy atom. The lowest BCUT2D eigenvalue weighted by atomic mass is 10.1. The zero-order valence-electron chi connectivity index (χ0n) is 14.5. The first kappa shape index (κ1) is 18.5. The number of alkyl halides is 6. The first-order valence-corrected chi connectivity index (χ1v) is 8.40. The molecule has 4 nitrogen and oxygen atoms in total. The average Bonchev–Trinajstić information content (AvgIpc) is 3.14. The Hall–Kier alpha value is -3.56. The number of ether oxygens (including phenoxy) is 2. The van der Waals surface area contributed by atoms with Crippen LogP contribution in [-0.4, -0.2) is 12.7 Å². The summed E-state index contributed by atoms with van der Waals surface area (Å²) >= 11 is 0. The number of hydrogen-bond acceptors (Lipinski definition) is 4. The minimum absolute atomic E-state index is 0.317. The van der Waals surface area contributed by atoms with Crippen molar-refractivity contribution >= 4 is 43.9 Å². The van der Waals surface area contributed by atoms with Crippen LogP contribution in [0.25, 0.3) is 43.9 Å². The van der Waals surface area contributed by atoms with Crippen molar-refractivity contribution in [2.75, 3.05) is 0 Å². The van der Waals surface area contributed by atoms with Gasteiger partial charge in [-0.05, 0) is 48.5 Å². The van der Waals surface area contributed by atoms with Crippen LogP contribution in [0.5, 0.6) is 11.5 Å². The van der Waals surface area contributed by atoms with Crippen molar-refractivity contribution in [1.82, 2.24) is 0 Å². The van der Waals surface area contributed by atoms with Crippen LogP contribution in [0.3, 0.4) is 0 Å². The van der Waals surface area contributed by atoms with Gasteiger partial charge in [0.2, 0.25) is 0 Å². The molecule has 2 heterocycles. The Labute approximate surface area is 162 Å². The van der Waals surface area contributed by atoms with Gasteiger partial charge in [-0.25, -0.2) is 0 Å². The lowest BCUT2D eigenvalue weighted by Crippen LogP contribution is -2.16. The van der Waals surface area contributed by atoms with E-state index in [1.54, 1.807) is 12.1 Å². The fourth-order valence-electron chi connectivity index (χ4n) is 3.40. The van der Waals surface area contributed by atoms with E-state index < -0.39 is 24.2 Å². The van der Waals surface area contributed by atoms with Crippen LogP contribution in [0.2, 0.25) is 0 Å². The third-order valence-corrected chi connectivity index (χ3v) is 4.47. The average molecular weight is 426 g/mol. The van der Waals surface area contributed by atoms with Crippen LogP contribution in [0.1, 0.15) is 0 Å². The Morgan fingerprint density at radius 2 is 0.867 bits per heavy atom. The van der Waals surface area contributed by atoms with E-state index >= 15 is 0 Å². The summed E-state index contributed by atoms with van der Waals surface area (Å²) in [6, 6.07) is 10.4. The predicted octanol–water partition coefficient (Wildman–Crippen LogP) is 7.28. The summed E-state index contributed by atoms with van der Waals surface area (Å²) in [5.74, 6) is -0.812. The van der Waals surface area contributed by atoms with Gasteiger partial charge >= 0.3 is 12.7 Å². The highest BCUT2D eigenvalue weighted by Gasteiger charge is 2.32. The van der Waals surface area contributed by atoms with Crippen molar-refractivity contribution in [1.29, 1.82) is 0 Å². The molecule has 0 aliphatic heterocycles. The largest absolute Gasteiger partial charge is 0.573 e. The van der Waals surface area contributed by atoms with Crippen LogP contribution >= 0.6 is 0 Å². The second kappa shape index (κ2) is 5.97. The van der Waals surface area contributed by atoms with Gasteiger partial charge in [0.1, 0.15) is 33.8 Å². The van der Waals surface area contributed by atoms with Crippen LogP contribution in [-0.2, 0) is 0 Å². The molecule has 0 aliphatic carbocycles. The zero-order valence-corrected chi connectivity index (χ0v) is 14.5.